The van der Waals surface area contributed by atoms with Crippen molar-refractivity contribution in [2.75, 3.05) is 6.54 Å². The zero-order valence-corrected chi connectivity index (χ0v) is 17.9. The van der Waals surface area contributed by atoms with E-state index in [0.717, 1.165) is 22.0 Å². The summed E-state index contributed by atoms with van der Waals surface area (Å²) in [6, 6.07) is 15.1. The third-order valence-electron chi connectivity index (χ3n) is 4.25. The van der Waals surface area contributed by atoms with Crippen LogP contribution in [0.4, 0.5) is 0 Å². The van der Waals surface area contributed by atoms with E-state index in [2.05, 4.69) is 15.3 Å². The van der Waals surface area contributed by atoms with Crippen molar-refractivity contribution in [3.63, 3.8) is 0 Å². The molecular formula is C20H24Cl2N4OS. The maximum atomic E-state index is 12.4. The maximum absolute atomic E-state index is 12.4. The van der Waals surface area contributed by atoms with Crippen molar-refractivity contribution in [1.82, 2.24) is 15.3 Å². The van der Waals surface area contributed by atoms with Crippen LogP contribution in [0.5, 0.6) is 0 Å². The highest BCUT2D eigenvalue weighted by Gasteiger charge is 2.21. The number of aromatic nitrogens is 2. The Kier molecular flexibility index (Phi) is 10.1. The molecule has 0 bridgehead atoms. The molecule has 3 rings (SSSR count). The standard InChI is InChI=1S/C20H22N4OS.2ClH/c1-14(19(21)15-7-3-2-4-8-15)20(25)23-12-10-18-24-17(13-26-18)16-9-5-6-11-22-16;;/h2-9,11,13-14,19H,10,12,21H2,1H3,(H,23,25);2*1H. The Bertz CT molecular complexity index is 846. The van der Waals surface area contributed by atoms with Crippen molar-refractivity contribution in [2.45, 2.75) is 19.4 Å². The summed E-state index contributed by atoms with van der Waals surface area (Å²) in [5, 5.41) is 5.93. The van der Waals surface area contributed by atoms with Gasteiger partial charge in [0, 0.05) is 30.6 Å². The number of halogens is 2. The van der Waals surface area contributed by atoms with Crippen LogP contribution in [0.25, 0.3) is 11.4 Å². The lowest BCUT2D eigenvalue weighted by Crippen LogP contribution is -2.36. The van der Waals surface area contributed by atoms with Gasteiger partial charge in [-0.15, -0.1) is 36.2 Å². The number of amides is 1. The summed E-state index contributed by atoms with van der Waals surface area (Å²) < 4.78 is 0. The molecule has 0 saturated heterocycles. The predicted octanol–water partition coefficient (Wildman–Crippen LogP) is 4.04. The normalized spacial score (nSPS) is 12.2. The minimum Gasteiger partial charge on any atom is -0.355 e. The van der Waals surface area contributed by atoms with Crippen LogP contribution in [0, 0.1) is 5.92 Å². The van der Waals surface area contributed by atoms with E-state index in [9.17, 15) is 4.79 Å². The number of nitrogens with two attached hydrogens (primary N) is 1. The largest absolute Gasteiger partial charge is 0.355 e. The number of carbonyl (C=O) groups is 1. The van der Waals surface area contributed by atoms with Gasteiger partial charge in [0.25, 0.3) is 0 Å². The molecule has 5 nitrogen and oxygen atoms in total. The fourth-order valence-electron chi connectivity index (χ4n) is 2.64. The van der Waals surface area contributed by atoms with E-state index < -0.39 is 0 Å². The molecule has 0 saturated carbocycles. The van der Waals surface area contributed by atoms with Crippen LogP contribution in [0.3, 0.4) is 0 Å². The van der Waals surface area contributed by atoms with E-state index in [-0.39, 0.29) is 42.7 Å². The van der Waals surface area contributed by atoms with Crippen molar-refractivity contribution >= 4 is 42.1 Å². The number of thiazole rings is 1. The van der Waals surface area contributed by atoms with E-state index in [1.165, 1.54) is 0 Å². The van der Waals surface area contributed by atoms with Gasteiger partial charge in [0.1, 0.15) is 0 Å². The minimum atomic E-state index is -0.313. The molecule has 1 aromatic carbocycles. The number of hydrogen-bond donors (Lipinski definition) is 2. The van der Waals surface area contributed by atoms with Crippen LogP contribution >= 0.6 is 36.2 Å². The van der Waals surface area contributed by atoms with Gasteiger partial charge in [-0.25, -0.2) is 4.98 Å². The van der Waals surface area contributed by atoms with Crippen LogP contribution in [-0.2, 0) is 11.2 Å². The van der Waals surface area contributed by atoms with E-state index in [1.54, 1.807) is 17.5 Å². The van der Waals surface area contributed by atoms with E-state index in [4.69, 9.17) is 5.73 Å². The Morgan fingerprint density at radius 3 is 2.50 bits per heavy atom. The SMILES string of the molecule is CC(C(=O)NCCc1nc(-c2ccccn2)cs1)C(N)c1ccccc1.Cl.Cl. The first-order chi connectivity index (χ1) is 12.6. The second kappa shape index (κ2) is 11.8. The first kappa shape index (κ1) is 24.0. The van der Waals surface area contributed by atoms with Gasteiger partial charge in [0.2, 0.25) is 5.91 Å². The second-order valence-electron chi connectivity index (χ2n) is 6.11. The zero-order chi connectivity index (χ0) is 18.4. The fraction of sp³-hybridized carbons (Fsp3) is 0.250. The Labute approximate surface area is 181 Å². The first-order valence-corrected chi connectivity index (χ1v) is 9.47. The lowest BCUT2D eigenvalue weighted by molar-refractivity contribution is -0.125. The average Bonchev–Trinajstić information content (AvgIpc) is 3.17. The molecule has 1 amide bonds. The Balaban J connectivity index is 0.00000196. The molecule has 3 N–H and O–H groups in total. The Morgan fingerprint density at radius 2 is 1.82 bits per heavy atom. The number of benzene rings is 1. The molecule has 8 heteroatoms. The van der Waals surface area contributed by atoms with Crippen molar-refractivity contribution < 1.29 is 4.79 Å². The van der Waals surface area contributed by atoms with Crippen molar-refractivity contribution in [2.24, 2.45) is 11.7 Å². The molecule has 0 aliphatic carbocycles. The highest BCUT2D eigenvalue weighted by molar-refractivity contribution is 7.09. The fourth-order valence-corrected chi connectivity index (χ4v) is 3.43. The minimum absolute atomic E-state index is 0. The van der Waals surface area contributed by atoms with E-state index in [0.29, 0.717) is 13.0 Å². The molecule has 0 aliphatic heterocycles. The zero-order valence-electron chi connectivity index (χ0n) is 15.4. The van der Waals surface area contributed by atoms with E-state index >= 15 is 0 Å². The number of hydrogen-bond acceptors (Lipinski definition) is 5. The number of pyridine rings is 1. The molecule has 0 radical (unpaired) electrons. The number of nitrogens with zero attached hydrogens (tertiary/aromatic N) is 2. The van der Waals surface area contributed by atoms with Gasteiger partial charge in [-0.05, 0) is 17.7 Å². The highest BCUT2D eigenvalue weighted by Crippen LogP contribution is 2.21. The number of nitrogens with one attached hydrogen (secondary N) is 1. The average molecular weight is 439 g/mol. The lowest BCUT2D eigenvalue weighted by atomic mass is 9.95. The monoisotopic (exact) mass is 438 g/mol. The van der Waals surface area contributed by atoms with Gasteiger partial charge in [-0.1, -0.05) is 43.3 Å². The molecule has 2 heterocycles. The predicted molar refractivity (Wildman–Crippen MR) is 119 cm³/mol. The van der Waals surface area contributed by atoms with Crippen LogP contribution in [0.1, 0.15) is 23.5 Å². The van der Waals surface area contributed by atoms with Gasteiger partial charge in [-0.3, -0.25) is 9.78 Å². The Morgan fingerprint density at radius 1 is 1.11 bits per heavy atom. The number of rotatable bonds is 7. The van der Waals surface area contributed by atoms with Crippen LogP contribution in [-0.4, -0.2) is 22.4 Å². The van der Waals surface area contributed by atoms with Gasteiger partial charge in [0.05, 0.1) is 22.3 Å². The third kappa shape index (κ3) is 6.27. The summed E-state index contributed by atoms with van der Waals surface area (Å²) in [6.45, 7) is 2.40. The summed E-state index contributed by atoms with van der Waals surface area (Å²) in [5.41, 5.74) is 8.91. The molecule has 150 valence electrons. The van der Waals surface area contributed by atoms with Gasteiger partial charge >= 0.3 is 0 Å². The summed E-state index contributed by atoms with van der Waals surface area (Å²) in [4.78, 5) is 21.2. The van der Waals surface area contributed by atoms with Gasteiger partial charge in [0.15, 0.2) is 0 Å². The lowest BCUT2D eigenvalue weighted by Gasteiger charge is -2.19. The second-order valence-corrected chi connectivity index (χ2v) is 7.05. The molecular weight excluding hydrogens is 415 g/mol. The molecule has 28 heavy (non-hydrogen) atoms. The first-order valence-electron chi connectivity index (χ1n) is 8.59. The summed E-state index contributed by atoms with van der Waals surface area (Å²) in [6.07, 6.45) is 2.45. The third-order valence-corrected chi connectivity index (χ3v) is 5.16. The topological polar surface area (TPSA) is 80.9 Å². The van der Waals surface area contributed by atoms with Crippen LogP contribution in [0.2, 0.25) is 0 Å². The van der Waals surface area contributed by atoms with Crippen LogP contribution in [0.15, 0.2) is 60.1 Å². The van der Waals surface area contributed by atoms with E-state index in [1.807, 2.05) is 60.8 Å². The summed E-state index contributed by atoms with van der Waals surface area (Å²) in [5.74, 6) is -0.333. The molecule has 2 unspecified atom stereocenters. The van der Waals surface area contributed by atoms with Crippen molar-refractivity contribution in [3.05, 3.63) is 70.7 Å². The Hall–Kier alpha value is -1.99. The van der Waals surface area contributed by atoms with Crippen molar-refractivity contribution in [1.29, 1.82) is 0 Å². The summed E-state index contributed by atoms with van der Waals surface area (Å²) in [7, 11) is 0. The molecule has 3 aromatic rings. The van der Waals surface area contributed by atoms with Gasteiger partial charge in [-0.2, -0.15) is 0 Å². The molecule has 2 atom stereocenters. The highest BCUT2D eigenvalue weighted by atomic mass is 35.5. The van der Waals surface area contributed by atoms with Crippen LogP contribution < -0.4 is 11.1 Å². The quantitative estimate of drug-likeness (QED) is 0.582. The molecule has 2 aromatic heterocycles. The molecule has 0 aliphatic rings. The molecule has 0 spiro atoms. The van der Waals surface area contributed by atoms with Gasteiger partial charge < -0.3 is 11.1 Å². The van der Waals surface area contributed by atoms with Crippen molar-refractivity contribution in [3.8, 4) is 11.4 Å². The molecule has 0 fully saturated rings. The maximum Gasteiger partial charge on any atom is 0.224 e. The number of carbonyl (C=O) groups excluding carboxylic acids is 1. The smallest absolute Gasteiger partial charge is 0.224 e. The summed E-state index contributed by atoms with van der Waals surface area (Å²) >= 11 is 1.58.